The Morgan fingerprint density at radius 1 is 1.19 bits per heavy atom. The Morgan fingerprint density at radius 2 is 1.78 bits per heavy atom. The van der Waals surface area contributed by atoms with Crippen molar-refractivity contribution in [3.8, 4) is 0 Å². The molecular formula is C16H16F5N3O2S. The minimum Gasteiger partial charge on any atom is -0.344 e. The molecule has 1 fully saturated rings. The fourth-order valence-corrected chi connectivity index (χ4v) is 3.40. The van der Waals surface area contributed by atoms with Gasteiger partial charge >= 0.3 is 10.2 Å². The van der Waals surface area contributed by atoms with Gasteiger partial charge in [-0.15, -0.1) is 0 Å². The molecule has 0 saturated heterocycles. The Labute approximate surface area is 150 Å². The maximum Gasteiger partial charge on any atom is 0.310 e. The maximum absolute atomic E-state index is 12.8. The summed E-state index contributed by atoms with van der Waals surface area (Å²) in [5.41, 5.74) is -0.376. The van der Waals surface area contributed by atoms with E-state index in [0.29, 0.717) is 12.1 Å². The van der Waals surface area contributed by atoms with Crippen LogP contribution in [0.25, 0.3) is 0 Å². The second-order valence-corrected chi connectivity index (χ2v) is 8.95. The molecule has 11 heteroatoms. The summed E-state index contributed by atoms with van der Waals surface area (Å²) in [5.74, 6) is -0.461. The summed E-state index contributed by atoms with van der Waals surface area (Å²) in [7, 11) is -9.75. The number of aromatic nitrogens is 2. The molecule has 2 N–H and O–H groups in total. The lowest BCUT2D eigenvalue weighted by atomic mass is 10.0. The fraction of sp³-hybridized carbons (Fsp3) is 0.312. The third-order valence-electron chi connectivity index (χ3n) is 4.16. The Kier molecular flexibility index (Phi) is 3.96. The zero-order valence-corrected chi connectivity index (χ0v) is 14.8. The summed E-state index contributed by atoms with van der Waals surface area (Å²) in [6.45, 7) is 1.50. The van der Waals surface area contributed by atoms with Crippen molar-refractivity contribution in [2.24, 2.45) is 5.92 Å². The number of H-pyrrole nitrogens is 1. The highest BCUT2D eigenvalue weighted by Gasteiger charge is 2.65. The molecule has 27 heavy (non-hydrogen) atoms. The van der Waals surface area contributed by atoms with Gasteiger partial charge in [0.2, 0.25) is 0 Å². The van der Waals surface area contributed by atoms with Crippen LogP contribution in [0.2, 0.25) is 0 Å². The number of rotatable bonds is 5. The Morgan fingerprint density at radius 3 is 2.26 bits per heavy atom. The lowest BCUT2D eigenvalue weighted by Gasteiger charge is -2.40. The van der Waals surface area contributed by atoms with Crippen LogP contribution in [0, 0.1) is 12.8 Å². The van der Waals surface area contributed by atoms with Gasteiger partial charge in [0, 0.05) is 6.07 Å². The first-order valence-electron chi connectivity index (χ1n) is 7.96. The van der Waals surface area contributed by atoms with Crippen molar-refractivity contribution in [1.29, 1.82) is 0 Å². The van der Waals surface area contributed by atoms with Crippen LogP contribution in [0.15, 0.2) is 40.0 Å². The number of hydrogen-bond acceptors (Lipinski definition) is 3. The predicted molar refractivity (Wildman–Crippen MR) is 90.4 cm³/mol. The molecule has 0 radical (unpaired) electrons. The van der Waals surface area contributed by atoms with Crippen molar-refractivity contribution >= 4 is 16.1 Å². The molecule has 0 spiro atoms. The van der Waals surface area contributed by atoms with Gasteiger partial charge in [0.25, 0.3) is 11.5 Å². The van der Waals surface area contributed by atoms with E-state index in [1.165, 1.54) is 6.92 Å². The smallest absolute Gasteiger partial charge is 0.310 e. The van der Waals surface area contributed by atoms with Gasteiger partial charge in [-0.2, -0.15) is 0 Å². The quantitative estimate of drug-likeness (QED) is 0.708. The van der Waals surface area contributed by atoms with Crippen LogP contribution >= 0.6 is 10.2 Å². The van der Waals surface area contributed by atoms with Crippen molar-refractivity contribution in [3.63, 3.8) is 0 Å². The fourth-order valence-electron chi connectivity index (χ4n) is 2.75. The molecule has 148 valence electrons. The van der Waals surface area contributed by atoms with Crippen LogP contribution in [0.3, 0.4) is 0 Å². The van der Waals surface area contributed by atoms with Gasteiger partial charge in [-0.05, 0) is 43.4 Å². The number of benzene rings is 1. The molecule has 1 aromatic carbocycles. The van der Waals surface area contributed by atoms with Crippen LogP contribution in [0.4, 0.5) is 19.4 Å². The molecule has 0 aliphatic heterocycles. The molecule has 1 saturated carbocycles. The van der Waals surface area contributed by atoms with E-state index in [-0.39, 0.29) is 23.0 Å². The average molecular weight is 409 g/mol. The van der Waals surface area contributed by atoms with Crippen LogP contribution in [-0.2, 0) is 0 Å². The monoisotopic (exact) mass is 409 g/mol. The van der Waals surface area contributed by atoms with Gasteiger partial charge in [-0.1, -0.05) is 31.6 Å². The normalized spacial score (nSPS) is 18.3. The molecule has 0 bridgehead atoms. The second kappa shape index (κ2) is 5.54. The Hall–Kier alpha value is -2.43. The SMILES string of the molecule is Cc1nc(C(=O)NC(c2ccc(S(F)(F)(F)(F)F)cc2)C2CC2)cc(=O)[nH]1. The summed E-state index contributed by atoms with van der Waals surface area (Å²) in [6, 6.07) is 2.87. The van der Waals surface area contributed by atoms with E-state index in [4.69, 9.17) is 0 Å². The molecule has 2 aromatic rings. The largest absolute Gasteiger partial charge is 0.344 e. The van der Waals surface area contributed by atoms with Crippen LogP contribution in [-0.4, -0.2) is 15.9 Å². The predicted octanol–water partition coefficient (Wildman–Crippen LogP) is 4.62. The van der Waals surface area contributed by atoms with Crippen LogP contribution < -0.4 is 10.9 Å². The van der Waals surface area contributed by atoms with E-state index < -0.39 is 32.6 Å². The third-order valence-corrected chi connectivity index (χ3v) is 5.32. The van der Waals surface area contributed by atoms with Crippen LogP contribution in [0.5, 0.6) is 0 Å². The van der Waals surface area contributed by atoms with Crippen molar-refractivity contribution in [1.82, 2.24) is 15.3 Å². The summed E-state index contributed by atoms with van der Waals surface area (Å²) in [5, 5.41) is 2.63. The summed E-state index contributed by atoms with van der Waals surface area (Å²) < 4.78 is 64.2. The van der Waals surface area contributed by atoms with Crippen molar-refractivity contribution in [2.45, 2.75) is 30.7 Å². The molecule has 5 nitrogen and oxygen atoms in total. The van der Waals surface area contributed by atoms with E-state index in [9.17, 15) is 29.0 Å². The molecule has 3 rings (SSSR count). The number of carbonyl (C=O) groups excluding carboxylic acids is 1. The minimum atomic E-state index is -9.75. The van der Waals surface area contributed by atoms with E-state index in [1.807, 2.05) is 0 Å². The van der Waals surface area contributed by atoms with E-state index in [2.05, 4.69) is 15.3 Å². The van der Waals surface area contributed by atoms with Gasteiger partial charge in [-0.3, -0.25) is 9.59 Å². The number of amides is 1. The number of aromatic amines is 1. The standard InChI is InChI=1S/C16H16F5N3O2S/c1-9-22-13(8-14(25)23-9)16(26)24-15(10-2-3-10)11-4-6-12(7-5-11)27(17,18,19,20)21/h4-8,10,15H,2-3H2,1H3,(H,24,26)(H,22,23,25). The first kappa shape index (κ1) is 19.3. The second-order valence-electron chi connectivity index (χ2n) is 6.54. The highest BCUT2D eigenvalue weighted by atomic mass is 32.5. The summed E-state index contributed by atoms with van der Waals surface area (Å²) >= 11 is 0. The maximum atomic E-state index is 12.8. The summed E-state index contributed by atoms with van der Waals surface area (Å²) in [6.07, 6.45) is 1.46. The topological polar surface area (TPSA) is 74.8 Å². The minimum absolute atomic E-state index is 0.0251. The van der Waals surface area contributed by atoms with Gasteiger partial charge in [0.15, 0.2) is 0 Å². The lowest BCUT2D eigenvalue weighted by Crippen LogP contribution is -2.31. The van der Waals surface area contributed by atoms with Crippen LogP contribution in [0.1, 0.15) is 40.8 Å². The lowest BCUT2D eigenvalue weighted by molar-refractivity contribution is 0.0926. The van der Waals surface area contributed by atoms with Crippen molar-refractivity contribution in [2.75, 3.05) is 0 Å². The summed E-state index contributed by atoms with van der Waals surface area (Å²) in [4.78, 5) is 28.2. The number of aryl methyl sites for hydroxylation is 1. The number of hydrogen-bond donors (Lipinski definition) is 2. The highest BCUT2D eigenvalue weighted by molar-refractivity contribution is 8.45. The Balaban J connectivity index is 1.87. The molecule has 1 aliphatic carbocycles. The third kappa shape index (κ3) is 4.65. The molecular weight excluding hydrogens is 393 g/mol. The van der Waals surface area contributed by atoms with Gasteiger partial charge in [0.1, 0.15) is 16.4 Å². The molecule has 1 unspecified atom stereocenters. The van der Waals surface area contributed by atoms with E-state index in [1.54, 1.807) is 0 Å². The molecule has 1 aliphatic rings. The van der Waals surface area contributed by atoms with E-state index in [0.717, 1.165) is 31.0 Å². The van der Waals surface area contributed by atoms with Gasteiger partial charge < -0.3 is 10.3 Å². The first-order valence-corrected chi connectivity index (χ1v) is 9.91. The Bertz CT molecular complexity index is 953. The molecule has 1 atom stereocenters. The van der Waals surface area contributed by atoms with Crippen molar-refractivity contribution in [3.05, 3.63) is 57.8 Å². The van der Waals surface area contributed by atoms with Gasteiger partial charge in [0.05, 0.1) is 6.04 Å². The first-order chi connectivity index (χ1) is 12.2. The number of halogens is 5. The molecule has 1 amide bonds. The zero-order chi connectivity index (χ0) is 20.1. The molecule has 1 heterocycles. The number of carbonyl (C=O) groups is 1. The zero-order valence-electron chi connectivity index (χ0n) is 14.0. The number of nitrogens with zero attached hydrogens (tertiary/aromatic N) is 1. The average Bonchev–Trinajstić information content (AvgIpc) is 3.34. The number of nitrogens with one attached hydrogen (secondary N) is 2. The van der Waals surface area contributed by atoms with Crippen molar-refractivity contribution < 1.29 is 24.2 Å². The highest BCUT2D eigenvalue weighted by Crippen LogP contribution is 3.02. The van der Waals surface area contributed by atoms with Gasteiger partial charge in [-0.25, -0.2) is 4.98 Å². The molecule has 1 aromatic heterocycles. The van der Waals surface area contributed by atoms with E-state index >= 15 is 0 Å².